The second kappa shape index (κ2) is 5.96. The van der Waals surface area contributed by atoms with Crippen molar-refractivity contribution >= 4 is 22.7 Å². The summed E-state index contributed by atoms with van der Waals surface area (Å²) >= 11 is 0. The minimum Gasteiger partial charge on any atom is -0.344 e. The molecule has 0 saturated carbocycles. The SMILES string of the molecule is C[C@H]1CN(c2nc(N3CCCC3)nc3ccccc23)C[C@H](C)[NH2+]1. The highest BCUT2D eigenvalue weighted by atomic mass is 15.3. The molecule has 0 bridgehead atoms. The van der Waals surface area contributed by atoms with Crippen LogP contribution >= 0.6 is 0 Å². The van der Waals surface area contributed by atoms with Crippen LogP contribution < -0.4 is 15.1 Å². The Bertz CT molecular complexity index is 685. The maximum Gasteiger partial charge on any atom is 0.227 e. The molecule has 5 nitrogen and oxygen atoms in total. The van der Waals surface area contributed by atoms with Crippen LogP contribution in [0.1, 0.15) is 26.7 Å². The number of nitrogens with two attached hydrogens (primary N) is 1. The molecule has 2 aromatic rings. The zero-order valence-corrected chi connectivity index (χ0v) is 14.1. The predicted octanol–water partition coefficient (Wildman–Crippen LogP) is 1.39. The number of benzene rings is 1. The Morgan fingerprint density at radius 2 is 1.65 bits per heavy atom. The number of aromatic nitrogens is 2. The highest BCUT2D eigenvalue weighted by Crippen LogP contribution is 2.28. The number of piperazine rings is 1. The van der Waals surface area contributed by atoms with Crippen molar-refractivity contribution in [1.82, 2.24) is 9.97 Å². The van der Waals surface area contributed by atoms with Crippen LogP contribution in [-0.2, 0) is 0 Å². The molecule has 3 heterocycles. The van der Waals surface area contributed by atoms with E-state index in [1.807, 2.05) is 0 Å². The lowest BCUT2D eigenvalue weighted by molar-refractivity contribution is -0.716. The number of rotatable bonds is 2. The maximum absolute atomic E-state index is 5.00. The molecule has 0 aliphatic carbocycles. The van der Waals surface area contributed by atoms with Crippen LogP contribution in [0.3, 0.4) is 0 Å². The molecule has 2 fully saturated rings. The largest absolute Gasteiger partial charge is 0.344 e. The van der Waals surface area contributed by atoms with Crippen LogP contribution in [0, 0.1) is 0 Å². The summed E-state index contributed by atoms with van der Waals surface area (Å²) < 4.78 is 0. The third-order valence-corrected chi connectivity index (χ3v) is 4.93. The lowest BCUT2D eigenvalue weighted by atomic mass is 10.1. The summed E-state index contributed by atoms with van der Waals surface area (Å²) in [5.74, 6) is 2.02. The van der Waals surface area contributed by atoms with Crippen LogP contribution in [0.2, 0.25) is 0 Å². The van der Waals surface area contributed by atoms with E-state index in [4.69, 9.17) is 9.97 Å². The summed E-state index contributed by atoms with van der Waals surface area (Å²) in [4.78, 5) is 14.6. The minimum absolute atomic E-state index is 0.600. The van der Waals surface area contributed by atoms with Gasteiger partial charge in [-0.2, -0.15) is 4.98 Å². The van der Waals surface area contributed by atoms with Gasteiger partial charge in [-0.15, -0.1) is 0 Å². The van der Waals surface area contributed by atoms with Crippen LogP contribution in [0.25, 0.3) is 10.9 Å². The molecular formula is C18H26N5+. The van der Waals surface area contributed by atoms with E-state index in [1.54, 1.807) is 0 Å². The van der Waals surface area contributed by atoms with Crippen LogP contribution in [0.4, 0.5) is 11.8 Å². The molecule has 1 aromatic carbocycles. The predicted molar refractivity (Wildman–Crippen MR) is 94.0 cm³/mol. The number of para-hydroxylation sites is 1. The highest BCUT2D eigenvalue weighted by molar-refractivity contribution is 5.90. The van der Waals surface area contributed by atoms with Gasteiger partial charge in [0.1, 0.15) is 17.9 Å². The van der Waals surface area contributed by atoms with E-state index in [-0.39, 0.29) is 0 Å². The number of nitrogens with zero attached hydrogens (tertiary/aromatic N) is 4. The normalized spacial score (nSPS) is 25.3. The molecule has 0 spiro atoms. The molecule has 0 amide bonds. The second-order valence-electron chi connectivity index (χ2n) is 7.11. The maximum atomic E-state index is 5.00. The van der Waals surface area contributed by atoms with Crippen molar-refractivity contribution < 1.29 is 5.32 Å². The average molecular weight is 312 g/mol. The van der Waals surface area contributed by atoms with Crippen LogP contribution in [0.5, 0.6) is 0 Å². The van der Waals surface area contributed by atoms with Crippen molar-refractivity contribution in [3.8, 4) is 0 Å². The zero-order chi connectivity index (χ0) is 15.8. The van der Waals surface area contributed by atoms with Gasteiger partial charge in [0.2, 0.25) is 5.95 Å². The van der Waals surface area contributed by atoms with Gasteiger partial charge >= 0.3 is 0 Å². The Morgan fingerprint density at radius 1 is 0.957 bits per heavy atom. The Balaban J connectivity index is 1.79. The summed E-state index contributed by atoms with van der Waals surface area (Å²) in [7, 11) is 0. The smallest absolute Gasteiger partial charge is 0.227 e. The summed E-state index contributed by atoms with van der Waals surface area (Å²) in [5.41, 5.74) is 1.06. The van der Waals surface area contributed by atoms with Gasteiger partial charge in [-0.05, 0) is 38.8 Å². The number of fused-ring (bicyclic) bond motifs is 1. The molecular weight excluding hydrogens is 286 g/mol. The van der Waals surface area contributed by atoms with Gasteiger partial charge in [-0.1, -0.05) is 12.1 Å². The average Bonchev–Trinajstić information content (AvgIpc) is 3.07. The summed E-state index contributed by atoms with van der Waals surface area (Å²) in [6, 6.07) is 9.63. The lowest BCUT2D eigenvalue weighted by Crippen LogP contribution is -2.99. The third kappa shape index (κ3) is 2.85. The van der Waals surface area contributed by atoms with Crippen molar-refractivity contribution in [2.45, 2.75) is 38.8 Å². The number of anilines is 2. The van der Waals surface area contributed by atoms with Gasteiger partial charge in [-0.3, -0.25) is 0 Å². The monoisotopic (exact) mass is 312 g/mol. The molecule has 5 heteroatoms. The van der Waals surface area contributed by atoms with Crippen molar-refractivity contribution in [2.24, 2.45) is 0 Å². The number of hydrogen-bond acceptors (Lipinski definition) is 4. The zero-order valence-electron chi connectivity index (χ0n) is 14.1. The summed E-state index contributed by atoms with van der Waals surface area (Å²) in [6.07, 6.45) is 2.50. The molecule has 1 aromatic heterocycles. The minimum atomic E-state index is 0.600. The highest BCUT2D eigenvalue weighted by Gasteiger charge is 2.27. The lowest BCUT2D eigenvalue weighted by Gasteiger charge is -2.35. The van der Waals surface area contributed by atoms with Gasteiger partial charge in [0, 0.05) is 18.5 Å². The topological polar surface area (TPSA) is 48.9 Å². The Kier molecular flexibility index (Phi) is 3.81. The molecule has 0 radical (unpaired) electrons. The van der Waals surface area contributed by atoms with Crippen molar-refractivity contribution in [3.05, 3.63) is 24.3 Å². The van der Waals surface area contributed by atoms with Crippen molar-refractivity contribution in [2.75, 3.05) is 36.0 Å². The standard InChI is InChI=1S/C18H25N5/c1-13-11-23(12-14(2)19-13)17-15-7-3-4-8-16(15)20-18(21-17)22-9-5-6-10-22/h3-4,7-8,13-14,19H,5-6,9-12H2,1-2H3/p+1/t13-,14-/m0/s1. The molecule has 2 aliphatic rings. The van der Waals surface area contributed by atoms with Gasteiger partial charge in [0.15, 0.2) is 0 Å². The van der Waals surface area contributed by atoms with Crippen molar-refractivity contribution in [3.63, 3.8) is 0 Å². The first-order chi connectivity index (χ1) is 11.2. The van der Waals surface area contributed by atoms with E-state index < -0.39 is 0 Å². The Morgan fingerprint density at radius 3 is 2.39 bits per heavy atom. The van der Waals surface area contributed by atoms with Crippen LogP contribution in [-0.4, -0.2) is 48.2 Å². The van der Waals surface area contributed by atoms with Gasteiger partial charge < -0.3 is 15.1 Å². The molecule has 0 unspecified atom stereocenters. The molecule has 2 N–H and O–H groups in total. The molecule has 23 heavy (non-hydrogen) atoms. The van der Waals surface area contributed by atoms with Gasteiger partial charge in [-0.25, -0.2) is 4.98 Å². The number of hydrogen-bond donors (Lipinski definition) is 1. The van der Waals surface area contributed by atoms with E-state index >= 15 is 0 Å². The second-order valence-corrected chi connectivity index (χ2v) is 7.11. The third-order valence-electron chi connectivity index (χ3n) is 4.93. The first-order valence-corrected chi connectivity index (χ1v) is 8.82. The molecule has 2 aliphatic heterocycles. The Hall–Kier alpha value is -1.88. The van der Waals surface area contributed by atoms with Gasteiger partial charge in [0.05, 0.1) is 18.6 Å². The summed E-state index contributed by atoms with van der Waals surface area (Å²) in [6.45, 7) is 8.85. The summed E-state index contributed by atoms with van der Waals surface area (Å²) in [5, 5.41) is 3.64. The first kappa shape index (κ1) is 14.7. The van der Waals surface area contributed by atoms with E-state index in [1.165, 1.54) is 18.2 Å². The van der Waals surface area contributed by atoms with E-state index in [2.05, 4.69) is 53.2 Å². The molecule has 2 atom stereocenters. The van der Waals surface area contributed by atoms with E-state index in [0.29, 0.717) is 12.1 Å². The quantitative estimate of drug-likeness (QED) is 0.910. The number of quaternary nitrogens is 1. The van der Waals surface area contributed by atoms with Gasteiger partial charge in [0.25, 0.3) is 0 Å². The van der Waals surface area contributed by atoms with Crippen LogP contribution in [0.15, 0.2) is 24.3 Å². The molecule has 4 rings (SSSR count). The Labute approximate surface area is 137 Å². The van der Waals surface area contributed by atoms with E-state index in [9.17, 15) is 0 Å². The fourth-order valence-electron chi connectivity index (χ4n) is 3.97. The molecule has 122 valence electrons. The van der Waals surface area contributed by atoms with Crippen molar-refractivity contribution in [1.29, 1.82) is 0 Å². The fraction of sp³-hybridized carbons (Fsp3) is 0.556. The fourth-order valence-corrected chi connectivity index (χ4v) is 3.97. The molecule has 2 saturated heterocycles. The first-order valence-electron chi connectivity index (χ1n) is 8.82. The van der Waals surface area contributed by atoms with E-state index in [0.717, 1.165) is 43.5 Å².